The maximum Gasteiger partial charge on any atom is 0.328 e. The number of aliphatic carboxylic acids is 2. The standard InChI is InChI=1S/C14H20N2O.C4H4O4/c1-10(15)9-16-7-6-11-4-5-13-12(14(11)16)3-2-8-17-13;5-3(6)1-2-4(7)8/h4-5,10H,2-3,6-9,15H2,1H3;1-2H,(H,5,6)(H,7,8)/b;2-1+/t10-;/m0./s1. The molecule has 2 aliphatic heterocycles. The molecular weight excluding hydrogens is 324 g/mol. The van der Waals surface area contributed by atoms with E-state index in [1.54, 1.807) is 0 Å². The third-order valence-corrected chi connectivity index (χ3v) is 4.00. The zero-order valence-corrected chi connectivity index (χ0v) is 14.3. The van der Waals surface area contributed by atoms with Crippen LogP contribution in [0.5, 0.6) is 5.75 Å². The first-order valence-electron chi connectivity index (χ1n) is 8.30. The highest BCUT2D eigenvalue weighted by Crippen LogP contribution is 2.39. The van der Waals surface area contributed by atoms with E-state index in [0.717, 1.165) is 44.7 Å². The molecule has 0 spiro atoms. The normalized spacial score (nSPS) is 16.3. The SMILES string of the molecule is C[C@H](N)CN1CCc2ccc3c(c21)CCCO3.O=C(O)/C=C/C(=O)O. The smallest absolute Gasteiger partial charge is 0.328 e. The second-order valence-corrected chi connectivity index (χ2v) is 6.19. The summed E-state index contributed by atoms with van der Waals surface area (Å²) in [5.74, 6) is -1.42. The summed E-state index contributed by atoms with van der Waals surface area (Å²) in [5.41, 5.74) is 10.2. The molecule has 0 aliphatic carbocycles. The highest BCUT2D eigenvalue weighted by Gasteiger charge is 2.26. The minimum atomic E-state index is -1.26. The Kier molecular flexibility index (Phi) is 6.41. The Morgan fingerprint density at radius 1 is 1.28 bits per heavy atom. The Balaban J connectivity index is 0.000000242. The molecule has 0 unspecified atom stereocenters. The van der Waals surface area contributed by atoms with Crippen LogP contribution < -0.4 is 15.4 Å². The summed E-state index contributed by atoms with van der Waals surface area (Å²) in [4.78, 5) is 21.5. The van der Waals surface area contributed by atoms with E-state index in [2.05, 4.69) is 24.0 Å². The van der Waals surface area contributed by atoms with Crippen molar-refractivity contribution in [1.29, 1.82) is 0 Å². The Labute approximate surface area is 146 Å². The summed E-state index contributed by atoms with van der Waals surface area (Å²) in [7, 11) is 0. The van der Waals surface area contributed by atoms with Crippen molar-refractivity contribution in [2.45, 2.75) is 32.2 Å². The fourth-order valence-corrected chi connectivity index (χ4v) is 3.11. The van der Waals surface area contributed by atoms with Crippen molar-refractivity contribution < 1.29 is 24.5 Å². The van der Waals surface area contributed by atoms with Crippen molar-refractivity contribution in [3.05, 3.63) is 35.4 Å². The van der Waals surface area contributed by atoms with Gasteiger partial charge in [-0.2, -0.15) is 0 Å². The predicted octanol–water partition coefficient (Wildman–Crippen LogP) is 1.43. The lowest BCUT2D eigenvalue weighted by Gasteiger charge is -2.27. The maximum absolute atomic E-state index is 9.55. The van der Waals surface area contributed by atoms with E-state index in [4.69, 9.17) is 20.7 Å². The molecule has 0 amide bonds. The number of hydrogen-bond acceptors (Lipinski definition) is 5. The lowest BCUT2D eigenvalue weighted by Crippen LogP contribution is -2.35. The number of fused-ring (bicyclic) bond motifs is 3. The molecule has 1 aromatic carbocycles. The van der Waals surface area contributed by atoms with Crippen molar-refractivity contribution in [3.8, 4) is 5.75 Å². The van der Waals surface area contributed by atoms with E-state index < -0.39 is 11.9 Å². The number of anilines is 1. The monoisotopic (exact) mass is 348 g/mol. The second-order valence-electron chi connectivity index (χ2n) is 6.19. The van der Waals surface area contributed by atoms with Crippen molar-refractivity contribution in [1.82, 2.24) is 0 Å². The molecule has 3 rings (SSSR count). The Morgan fingerprint density at radius 3 is 2.56 bits per heavy atom. The molecule has 136 valence electrons. The first kappa shape index (κ1) is 18.8. The van der Waals surface area contributed by atoms with Crippen LogP contribution in [-0.4, -0.2) is 47.9 Å². The van der Waals surface area contributed by atoms with Gasteiger partial charge >= 0.3 is 11.9 Å². The van der Waals surface area contributed by atoms with Gasteiger partial charge in [-0.25, -0.2) is 9.59 Å². The van der Waals surface area contributed by atoms with Crippen LogP contribution in [0.1, 0.15) is 24.5 Å². The van der Waals surface area contributed by atoms with Gasteiger partial charge in [0.05, 0.1) is 6.61 Å². The minimum absolute atomic E-state index is 0.223. The van der Waals surface area contributed by atoms with Crippen molar-refractivity contribution in [2.75, 3.05) is 24.6 Å². The van der Waals surface area contributed by atoms with Gasteiger partial charge in [0.15, 0.2) is 0 Å². The lowest BCUT2D eigenvalue weighted by atomic mass is 10.0. The van der Waals surface area contributed by atoms with Crippen LogP contribution in [0, 0.1) is 0 Å². The highest BCUT2D eigenvalue weighted by molar-refractivity contribution is 5.89. The van der Waals surface area contributed by atoms with Crippen LogP contribution in [0.4, 0.5) is 5.69 Å². The lowest BCUT2D eigenvalue weighted by molar-refractivity contribution is -0.134. The first-order valence-corrected chi connectivity index (χ1v) is 8.30. The maximum atomic E-state index is 9.55. The molecule has 25 heavy (non-hydrogen) atoms. The van der Waals surface area contributed by atoms with Gasteiger partial charge in [0.25, 0.3) is 0 Å². The molecule has 1 aromatic rings. The molecule has 1 atom stereocenters. The molecule has 0 aromatic heterocycles. The number of nitrogens with two attached hydrogens (primary N) is 1. The van der Waals surface area contributed by atoms with Crippen LogP contribution in [0.2, 0.25) is 0 Å². The summed E-state index contributed by atoms with van der Waals surface area (Å²) in [6, 6.07) is 4.59. The van der Waals surface area contributed by atoms with Crippen molar-refractivity contribution in [3.63, 3.8) is 0 Å². The molecule has 2 heterocycles. The molecular formula is C18H24N2O5. The second kappa shape index (κ2) is 8.53. The van der Waals surface area contributed by atoms with E-state index >= 15 is 0 Å². The number of hydrogen-bond donors (Lipinski definition) is 3. The van der Waals surface area contributed by atoms with Gasteiger partial charge < -0.3 is 25.6 Å². The largest absolute Gasteiger partial charge is 0.493 e. The Bertz CT molecular complexity index is 654. The van der Waals surface area contributed by atoms with Crippen molar-refractivity contribution >= 4 is 17.6 Å². The molecule has 7 nitrogen and oxygen atoms in total. The summed E-state index contributed by atoms with van der Waals surface area (Å²) < 4.78 is 5.74. The number of benzene rings is 1. The van der Waals surface area contributed by atoms with Gasteiger partial charge in [0, 0.05) is 42.5 Å². The van der Waals surface area contributed by atoms with Crippen LogP contribution in [0.15, 0.2) is 24.3 Å². The summed E-state index contributed by atoms with van der Waals surface area (Å²) >= 11 is 0. The number of carboxylic acids is 2. The van der Waals surface area contributed by atoms with Gasteiger partial charge in [-0.05, 0) is 37.8 Å². The number of carbonyl (C=O) groups is 2. The quantitative estimate of drug-likeness (QED) is 0.706. The van der Waals surface area contributed by atoms with E-state index in [1.165, 1.54) is 16.8 Å². The molecule has 7 heteroatoms. The summed E-state index contributed by atoms with van der Waals surface area (Å²) in [5, 5.41) is 15.6. The zero-order valence-electron chi connectivity index (χ0n) is 14.3. The van der Waals surface area contributed by atoms with Crippen LogP contribution >= 0.6 is 0 Å². The van der Waals surface area contributed by atoms with Crippen LogP contribution in [0.3, 0.4) is 0 Å². The fourth-order valence-electron chi connectivity index (χ4n) is 3.11. The number of nitrogens with zero attached hydrogens (tertiary/aromatic N) is 1. The molecule has 2 aliphatic rings. The predicted molar refractivity (Wildman–Crippen MR) is 94.2 cm³/mol. The molecule has 4 N–H and O–H groups in total. The molecule has 0 saturated carbocycles. The topological polar surface area (TPSA) is 113 Å². The van der Waals surface area contributed by atoms with Gasteiger partial charge in [-0.15, -0.1) is 0 Å². The molecule has 0 saturated heterocycles. The van der Waals surface area contributed by atoms with Gasteiger partial charge in [0.1, 0.15) is 5.75 Å². The highest BCUT2D eigenvalue weighted by atomic mass is 16.5. The molecule has 0 bridgehead atoms. The Hall–Kier alpha value is -2.54. The van der Waals surface area contributed by atoms with E-state index in [0.29, 0.717) is 12.2 Å². The number of ether oxygens (including phenoxy) is 1. The first-order chi connectivity index (χ1) is 11.9. The van der Waals surface area contributed by atoms with E-state index in [9.17, 15) is 9.59 Å². The van der Waals surface area contributed by atoms with E-state index in [-0.39, 0.29) is 6.04 Å². The van der Waals surface area contributed by atoms with Gasteiger partial charge in [0.2, 0.25) is 0 Å². The number of rotatable bonds is 4. The van der Waals surface area contributed by atoms with E-state index in [1.807, 2.05) is 0 Å². The third-order valence-electron chi connectivity index (χ3n) is 4.00. The molecule has 0 fully saturated rings. The van der Waals surface area contributed by atoms with Gasteiger partial charge in [-0.1, -0.05) is 6.07 Å². The summed E-state index contributed by atoms with van der Waals surface area (Å²) in [6.45, 7) is 4.99. The summed E-state index contributed by atoms with van der Waals surface area (Å²) in [6.07, 6.45) is 4.55. The third kappa shape index (κ3) is 5.22. The van der Waals surface area contributed by atoms with Crippen LogP contribution in [-0.2, 0) is 22.4 Å². The fraction of sp³-hybridized carbons (Fsp3) is 0.444. The van der Waals surface area contributed by atoms with Crippen molar-refractivity contribution in [2.24, 2.45) is 5.73 Å². The Morgan fingerprint density at radius 2 is 1.96 bits per heavy atom. The van der Waals surface area contributed by atoms with Crippen LogP contribution in [0.25, 0.3) is 0 Å². The number of carboxylic acid groups (broad SMARTS) is 2. The zero-order chi connectivity index (χ0) is 18.4. The average Bonchev–Trinajstić information content (AvgIpc) is 2.96. The van der Waals surface area contributed by atoms with Gasteiger partial charge in [-0.3, -0.25) is 0 Å². The average molecular weight is 348 g/mol. The minimum Gasteiger partial charge on any atom is -0.493 e. The molecule has 0 radical (unpaired) electrons.